The van der Waals surface area contributed by atoms with Gasteiger partial charge in [0, 0.05) is 18.2 Å². The molecule has 6 heteroatoms. The highest BCUT2D eigenvalue weighted by molar-refractivity contribution is 6.06. The molecule has 0 bridgehead atoms. The summed E-state index contributed by atoms with van der Waals surface area (Å²) in [5.74, 6) is -0.420. The Morgan fingerprint density at radius 1 is 1.04 bits per heavy atom. The predicted octanol–water partition coefficient (Wildman–Crippen LogP) is 4.14. The zero-order valence-corrected chi connectivity index (χ0v) is 12.8. The van der Waals surface area contributed by atoms with Crippen molar-refractivity contribution in [3.63, 3.8) is 0 Å². The molecule has 0 aliphatic carbocycles. The van der Waals surface area contributed by atoms with E-state index in [0.717, 1.165) is 5.56 Å². The van der Waals surface area contributed by atoms with Crippen molar-refractivity contribution in [2.75, 3.05) is 5.32 Å². The van der Waals surface area contributed by atoms with Gasteiger partial charge in [0.15, 0.2) is 5.78 Å². The van der Waals surface area contributed by atoms with E-state index in [0.29, 0.717) is 11.3 Å². The standard InChI is InChI=1S/C18H15F2NO3/c1-12(22)21-15-7-2-13(3-8-15)4-11-17(23)14-5-9-16(10-6-14)24-18(19)20/h2-11,18H,1H3,(H,21,22). The second-order valence-electron chi connectivity index (χ2n) is 4.90. The fourth-order valence-corrected chi connectivity index (χ4v) is 1.95. The van der Waals surface area contributed by atoms with Crippen molar-refractivity contribution in [2.24, 2.45) is 0 Å². The van der Waals surface area contributed by atoms with Gasteiger partial charge in [-0.2, -0.15) is 8.78 Å². The first-order valence-corrected chi connectivity index (χ1v) is 7.09. The topological polar surface area (TPSA) is 55.4 Å². The molecule has 0 aromatic heterocycles. The van der Waals surface area contributed by atoms with Gasteiger partial charge < -0.3 is 10.1 Å². The SMILES string of the molecule is CC(=O)Nc1ccc(C=CC(=O)c2ccc(OC(F)F)cc2)cc1. The molecular weight excluding hydrogens is 316 g/mol. The molecule has 0 aliphatic heterocycles. The van der Waals surface area contributed by atoms with E-state index in [9.17, 15) is 18.4 Å². The van der Waals surface area contributed by atoms with Gasteiger partial charge in [0.1, 0.15) is 5.75 Å². The van der Waals surface area contributed by atoms with E-state index in [-0.39, 0.29) is 17.4 Å². The van der Waals surface area contributed by atoms with Crippen LogP contribution in [0, 0.1) is 0 Å². The van der Waals surface area contributed by atoms with Gasteiger partial charge in [-0.05, 0) is 48.0 Å². The summed E-state index contributed by atoms with van der Waals surface area (Å²) >= 11 is 0. The van der Waals surface area contributed by atoms with Gasteiger partial charge in [-0.3, -0.25) is 9.59 Å². The fraction of sp³-hybridized carbons (Fsp3) is 0.111. The maximum atomic E-state index is 12.1. The Bertz CT molecular complexity index is 738. The monoisotopic (exact) mass is 331 g/mol. The molecule has 124 valence electrons. The molecule has 0 saturated heterocycles. The van der Waals surface area contributed by atoms with Crippen LogP contribution in [0.1, 0.15) is 22.8 Å². The van der Waals surface area contributed by atoms with Gasteiger partial charge in [0.2, 0.25) is 5.91 Å². The lowest BCUT2D eigenvalue weighted by atomic mass is 10.1. The number of allylic oxidation sites excluding steroid dienone is 1. The Balaban J connectivity index is 2.00. The molecule has 1 amide bonds. The number of ether oxygens (including phenoxy) is 1. The molecule has 0 saturated carbocycles. The maximum absolute atomic E-state index is 12.1. The van der Waals surface area contributed by atoms with E-state index in [4.69, 9.17) is 0 Å². The number of benzene rings is 2. The minimum absolute atomic E-state index is 0.000843. The van der Waals surface area contributed by atoms with Crippen molar-refractivity contribution in [2.45, 2.75) is 13.5 Å². The van der Waals surface area contributed by atoms with Gasteiger partial charge in [-0.1, -0.05) is 18.2 Å². The molecule has 0 spiro atoms. The van der Waals surface area contributed by atoms with Crippen molar-refractivity contribution in [3.05, 3.63) is 65.7 Å². The number of nitrogens with one attached hydrogen (secondary N) is 1. The molecule has 2 aromatic rings. The molecule has 2 rings (SSSR count). The van der Waals surface area contributed by atoms with Crippen molar-refractivity contribution in [1.29, 1.82) is 0 Å². The summed E-state index contributed by atoms with van der Waals surface area (Å²) in [5, 5.41) is 2.65. The minimum Gasteiger partial charge on any atom is -0.435 e. The van der Waals surface area contributed by atoms with Gasteiger partial charge >= 0.3 is 6.61 Å². The smallest absolute Gasteiger partial charge is 0.387 e. The Kier molecular flexibility index (Phi) is 5.78. The number of halogens is 2. The summed E-state index contributed by atoms with van der Waals surface area (Å²) < 4.78 is 28.3. The summed E-state index contributed by atoms with van der Waals surface area (Å²) in [6, 6.07) is 12.4. The lowest BCUT2D eigenvalue weighted by molar-refractivity contribution is -0.114. The van der Waals surface area contributed by atoms with E-state index in [1.54, 1.807) is 30.3 Å². The summed E-state index contributed by atoms with van der Waals surface area (Å²) in [7, 11) is 0. The largest absolute Gasteiger partial charge is 0.435 e. The molecular formula is C18H15F2NO3. The number of carbonyl (C=O) groups excluding carboxylic acids is 2. The van der Waals surface area contributed by atoms with Crippen LogP contribution in [-0.2, 0) is 4.79 Å². The maximum Gasteiger partial charge on any atom is 0.387 e. The third-order valence-corrected chi connectivity index (χ3v) is 3.02. The Labute approximate surface area is 137 Å². The highest BCUT2D eigenvalue weighted by Gasteiger charge is 2.06. The Morgan fingerprint density at radius 2 is 1.67 bits per heavy atom. The average molecular weight is 331 g/mol. The van der Waals surface area contributed by atoms with E-state index >= 15 is 0 Å². The van der Waals surface area contributed by atoms with Crippen LogP contribution in [0.5, 0.6) is 5.75 Å². The zero-order valence-electron chi connectivity index (χ0n) is 12.8. The third kappa shape index (κ3) is 5.31. The minimum atomic E-state index is -2.90. The normalized spacial score (nSPS) is 10.8. The molecule has 0 atom stereocenters. The third-order valence-electron chi connectivity index (χ3n) is 3.02. The van der Waals surface area contributed by atoms with E-state index < -0.39 is 6.61 Å². The molecule has 0 unspecified atom stereocenters. The lowest BCUT2D eigenvalue weighted by Crippen LogP contribution is -2.05. The summed E-state index contributed by atoms with van der Waals surface area (Å²) in [6.07, 6.45) is 3.01. The quantitative estimate of drug-likeness (QED) is 0.639. The highest BCUT2D eigenvalue weighted by atomic mass is 19.3. The Morgan fingerprint density at radius 3 is 2.21 bits per heavy atom. The van der Waals surface area contributed by atoms with Crippen molar-refractivity contribution in [3.8, 4) is 5.75 Å². The zero-order chi connectivity index (χ0) is 17.5. The van der Waals surface area contributed by atoms with Crippen LogP contribution in [0.2, 0.25) is 0 Å². The average Bonchev–Trinajstić information content (AvgIpc) is 2.53. The molecule has 0 heterocycles. The molecule has 4 nitrogen and oxygen atoms in total. The van der Waals surface area contributed by atoms with Crippen LogP contribution < -0.4 is 10.1 Å². The van der Waals surface area contributed by atoms with Crippen molar-refractivity contribution >= 4 is 23.5 Å². The molecule has 0 aliphatic rings. The van der Waals surface area contributed by atoms with Crippen LogP contribution in [0.25, 0.3) is 6.08 Å². The number of rotatable bonds is 6. The first-order valence-electron chi connectivity index (χ1n) is 7.09. The van der Waals surface area contributed by atoms with Crippen molar-refractivity contribution in [1.82, 2.24) is 0 Å². The van der Waals surface area contributed by atoms with Crippen LogP contribution in [0.4, 0.5) is 14.5 Å². The molecule has 1 N–H and O–H groups in total. The summed E-state index contributed by atoms with van der Waals surface area (Å²) in [6.45, 7) is -1.48. The van der Waals surface area contributed by atoms with E-state index in [2.05, 4.69) is 10.1 Å². The lowest BCUT2D eigenvalue weighted by Gasteiger charge is -2.04. The van der Waals surface area contributed by atoms with Crippen LogP contribution in [0.15, 0.2) is 54.6 Å². The fourth-order valence-electron chi connectivity index (χ4n) is 1.95. The number of alkyl halides is 2. The number of carbonyl (C=O) groups is 2. The predicted molar refractivity (Wildman–Crippen MR) is 87.2 cm³/mol. The molecule has 0 radical (unpaired) electrons. The first-order chi connectivity index (χ1) is 11.4. The second-order valence-corrected chi connectivity index (χ2v) is 4.90. The van der Waals surface area contributed by atoms with Crippen LogP contribution in [-0.4, -0.2) is 18.3 Å². The second kappa shape index (κ2) is 8.01. The summed E-state index contributed by atoms with van der Waals surface area (Å²) in [5.41, 5.74) is 1.82. The van der Waals surface area contributed by atoms with Crippen LogP contribution >= 0.6 is 0 Å². The van der Waals surface area contributed by atoms with Gasteiger partial charge in [-0.15, -0.1) is 0 Å². The summed E-state index contributed by atoms with van der Waals surface area (Å²) in [4.78, 5) is 23.0. The number of hydrogen-bond donors (Lipinski definition) is 1. The molecule has 0 fully saturated rings. The van der Waals surface area contributed by atoms with Crippen LogP contribution in [0.3, 0.4) is 0 Å². The van der Waals surface area contributed by atoms with Gasteiger partial charge in [0.25, 0.3) is 0 Å². The molecule has 24 heavy (non-hydrogen) atoms. The number of anilines is 1. The molecule has 2 aromatic carbocycles. The first kappa shape index (κ1) is 17.3. The number of ketones is 1. The van der Waals surface area contributed by atoms with E-state index in [1.807, 2.05) is 0 Å². The number of hydrogen-bond acceptors (Lipinski definition) is 3. The number of amides is 1. The van der Waals surface area contributed by atoms with E-state index in [1.165, 1.54) is 37.3 Å². The van der Waals surface area contributed by atoms with Crippen molar-refractivity contribution < 1.29 is 23.1 Å². The van der Waals surface area contributed by atoms with Gasteiger partial charge in [0.05, 0.1) is 0 Å². The Hall–Kier alpha value is -3.02. The highest BCUT2D eigenvalue weighted by Crippen LogP contribution is 2.16. The van der Waals surface area contributed by atoms with Gasteiger partial charge in [-0.25, -0.2) is 0 Å².